The van der Waals surface area contributed by atoms with Gasteiger partial charge in [0, 0.05) is 6.20 Å². The molecule has 4 heteroatoms. The van der Waals surface area contributed by atoms with Gasteiger partial charge in [-0.05, 0) is 30.4 Å². The van der Waals surface area contributed by atoms with Gasteiger partial charge in [-0.2, -0.15) is 0 Å². The van der Waals surface area contributed by atoms with E-state index in [0.717, 1.165) is 0 Å². The van der Waals surface area contributed by atoms with E-state index in [1.807, 2.05) is 6.07 Å². The predicted molar refractivity (Wildman–Crippen MR) is 57.6 cm³/mol. The van der Waals surface area contributed by atoms with Gasteiger partial charge >= 0.3 is 0 Å². The van der Waals surface area contributed by atoms with Crippen molar-refractivity contribution >= 4 is 24.8 Å². The summed E-state index contributed by atoms with van der Waals surface area (Å²) in [5, 5.41) is 2.38. The summed E-state index contributed by atoms with van der Waals surface area (Å²) in [5.74, 6) is 0. The first kappa shape index (κ1) is 10.8. The highest BCUT2D eigenvalue weighted by Crippen LogP contribution is 2.02. The van der Waals surface area contributed by atoms with Crippen LogP contribution in [0.2, 0.25) is 0 Å². The molecule has 0 bridgehead atoms. The Morgan fingerprint density at radius 2 is 1.87 bits per heavy atom. The van der Waals surface area contributed by atoms with Crippen molar-refractivity contribution in [2.24, 2.45) is 0 Å². The molecule has 1 rings (SSSR count). The molecule has 0 aliphatic rings. The van der Waals surface area contributed by atoms with Gasteiger partial charge in [-0.3, -0.25) is 9.59 Å². The highest BCUT2D eigenvalue weighted by atomic mass is 16.1. The van der Waals surface area contributed by atoms with Gasteiger partial charge < -0.3 is 5.32 Å². The summed E-state index contributed by atoms with van der Waals surface area (Å²) in [4.78, 5) is 24.3. The van der Waals surface area contributed by atoms with E-state index >= 15 is 0 Å². The average molecular weight is 202 g/mol. The minimum Gasteiger partial charge on any atom is -0.335 e. The van der Waals surface area contributed by atoms with Crippen LogP contribution < -0.4 is 5.32 Å². The standard InChI is InChI=1S/C11H10N2O2/c14-8-2-5-10-3-1-4-11(13-10)6-7-12-9-15/h1-9H,(H,12,15)/b5-2+,7-6+. The van der Waals surface area contributed by atoms with Gasteiger partial charge in [0.05, 0.1) is 11.4 Å². The number of nitrogens with one attached hydrogen (secondary N) is 1. The summed E-state index contributed by atoms with van der Waals surface area (Å²) in [6, 6.07) is 5.39. The van der Waals surface area contributed by atoms with Crippen LogP contribution in [0.5, 0.6) is 0 Å². The molecule has 1 aromatic rings. The second-order valence-electron chi connectivity index (χ2n) is 2.60. The Labute approximate surface area is 87.3 Å². The molecule has 0 radical (unpaired) electrons. The first-order valence-electron chi connectivity index (χ1n) is 4.32. The Morgan fingerprint density at radius 3 is 2.53 bits per heavy atom. The van der Waals surface area contributed by atoms with Crippen molar-refractivity contribution in [1.29, 1.82) is 0 Å². The molecule has 0 aliphatic carbocycles. The average Bonchev–Trinajstić information content (AvgIpc) is 2.27. The summed E-state index contributed by atoms with van der Waals surface area (Å²) in [6.07, 6.45) is 7.40. The van der Waals surface area contributed by atoms with Crippen molar-refractivity contribution in [3.8, 4) is 0 Å². The van der Waals surface area contributed by atoms with E-state index in [0.29, 0.717) is 24.1 Å². The van der Waals surface area contributed by atoms with E-state index in [4.69, 9.17) is 0 Å². The fourth-order valence-corrected chi connectivity index (χ4v) is 0.965. The Bertz CT molecular complexity index is 397. The van der Waals surface area contributed by atoms with Gasteiger partial charge in [0.15, 0.2) is 0 Å². The quantitative estimate of drug-likeness (QED) is 0.572. The zero-order valence-corrected chi connectivity index (χ0v) is 7.96. The second kappa shape index (κ2) is 6.26. The van der Waals surface area contributed by atoms with Gasteiger partial charge in [0.25, 0.3) is 0 Å². The van der Waals surface area contributed by atoms with Crippen LogP contribution in [0, 0.1) is 0 Å². The fourth-order valence-electron chi connectivity index (χ4n) is 0.965. The number of pyridine rings is 1. The largest absolute Gasteiger partial charge is 0.335 e. The van der Waals surface area contributed by atoms with Crippen LogP contribution in [-0.2, 0) is 9.59 Å². The van der Waals surface area contributed by atoms with E-state index < -0.39 is 0 Å². The number of aromatic nitrogens is 1. The van der Waals surface area contributed by atoms with Crippen LogP contribution >= 0.6 is 0 Å². The lowest BCUT2D eigenvalue weighted by Crippen LogP contribution is -1.98. The highest BCUT2D eigenvalue weighted by Gasteiger charge is 1.90. The zero-order valence-electron chi connectivity index (χ0n) is 7.96. The molecule has 0 aromatic carbocycles. The van der Waals surface area contributed by atoms with Crippen molar-refractivity contribution in [2.75, 3.05) is 0 Å². The Morgan fingerprint density at radius 1 is 1.13 bits per heavy atom. The normalized spacial score (nSPS) is 10.7. The number of nitrogens with zero attached hydrogens (tertiary/aromatic N) is 1. The number of carbonyl (C=O) groups excluding carboxylic acids is 2. The van der Waals surface area contributed by atoms with E-state index in [1.165, 1.54) is 12.3 Å². The fraction of sp³-hybridized carbons (Fsp3) is 0. The van der Waals surface area contributed by atoms with Crippen LogP contribution in [0.15, 0.2) is 30.5 Å². The first-order chi connectivity index (χ1) is 7.36. The van der Waals surface area contributed by atoms with Crippen molar-refractivity contribution in [2.45, 2.75) is 0 Å². The molecule has 0 fully saturated rings. The summed E-state index contributed by atoms with van der Waals surface area (Å²) in [7, 11) is 0. The van der Waals surface area contributed by atoms with Gasteiger partial charge in [-0.1, -0.05) is 6.07 Å². The maximum absolute atomic E-state index is 10.1. The minimum atomic E-state index is 0.576. The number of rotatable bonds is 5. The van der Waals surface area contributed by atoms with E-state index in [1.54, 1.807) is 24.3 Å². The molecule has 1 aromatic heterocycles. The number of allylic oxidation sites excluding steroid dienone is 1. The third-order valence-electron chi connectivity index (χ3n) is 1.56. The molecule has 0 unspecified atom stereocenters. The molecule has 0 saturated heterocycles. The maximum atomic E-state index is 10.1. The lowest BCUT2D eigenvalue weighted by atomic mass is 10.3. The van der Waals surface area contributed by atoms with E-state index in [9.17, 15) is 9.59 Å². The van der Waals surface area contributed by atoms with Crippen LogP contribution in [-0.4, -0.2) is 17.7 Å². The molecule has 0 saturated carbocycles. The molecule has 0 aliphatic heterocycles. The number of aldehydes is 1. The summed E-state index contributed by atoms with van der Waals surface area (Å²) in [5.41, 5.74) is 1.40. The Balaban J connectivity index is 2.77. The third-order valence-corrected chi connectivity index (χ3v) is 1.56. The van der Waals surface area contributed by atoms with Crippen LogP contribution in [0.4, 0.5) is 0 Å². The molecule has 1 N–H and O–H groups in total. The summed E-state index contributed by atoms with van der Waals surface area (Å²) in [6.45, 7) is 0. The summed E-state index contributed by atoms with van der Waals surface area (Å²) >= 11 is 0. The van der Waals surface area contributed by atoms with Gasteiger partial charge in [0.2, 0.25) is 6.41 Å². The Hall–Kier alpha value is -2.23. The zero-order chi connectivity index (χ0) is 10.9. The molecular formula is C11H10N2O2. The molecule has 1 heterocycles. The molecular weight excluding hydrogens is 192 g/mol. The number of carbonyl (C=O) groups is 2. The lowest BCUT2D eigenvalue weighted by Gasteiger charge is -1.95. The minimum absolute atomic E-state index is 0.576. The SMILES string of the molecule is O=C/C=C/c1cccc(/C=C/NC=O)n1. The van der Waals surface area contributed by atoms with Gasteiger partial charge in [-0.25, -0.2) is 4.98 Å². The predicted octanol–water partition coefficient (Wildman–Crippen LogP) is 1.01. The summed E-state index contributed by atoms with van der Waals surface area (Å²) < 4.78 is 0. The monoisotopic (exact) mass is 202 g/mol. The number of hydrogen-bond acceptors (Lipinski definition) is 3. The molecule has 15 heavy (non-hydrogen) atoms. The van der Waals surface area contributed by atoms with Crippen molar-refractivity contribution in [1.82, 2.24) is 10.3 Å². The highest BCUT2D eigenvalue weighted by molar-refractivity contribution is 5.73. The van der Waals surface area contributed by atoms with Gasteiger partial charge in [0.1, 0.15) is 6.29 Å². The second-order valence-corrected chi connectivity index (χ2v) is 2.60. The van der Waals surface area contributed by atoms with E-state index in [-0.39, 0.29) is 0 Å². The first-order valence-corrected chi connectivity index (χ1v) is 4.32. The van der Waals surface area contributed by atoms with Gasteiger partial charge in [-0.15, -0.1) is 0 Å². The number of hydrogen-bond donors (Lipinski definition) is 1. The van der Waals surface area contributed by atoms with E-state index in [2.05, 4.69) is 10.3 Å². The van der Waals surface area contributed by atoms with Crippen molar-refractivity contribution in [3.05, 3.63) is 41.9 Å². The Kier molecular flexibility index (Phi) is 4.53. The molecule has 76 valence electrons. The molecule has 1 amide bonds. The van der Waals surface area contributed by atoms with Crippen molar-refractivity contribution < 1.29 is 9.59 Å². The molecule has 0 spiro atoms. The smallest absolute Gasteiger partial charge is 0.211 e. The molecule has 4 nitrogen and oxygen atoms in total. The third kappa shape index (κ3) is 3.99. The topological polar surface area (TPSA) is 59.1 Å². The lowest BCUT2D eigenvalue weighted by molar-refractivity contribution is -0.108. The van der Waals surface area contributed by atoms with Crippen molar-refractivity contribution in [3.63, 3.8) is 0 Å². The molecule has 0 atom stereocenters. The van der Waals surface area contributed by atoms with Crippen LogP contribution in [0.1, 0.15) is 11.4 Å². The number of amides is 1. The van der Waals surface area contributed by atoms with Crippen LogP contribution in [0.25, 0.3) is 12.2 Å². The van der Waals surface area contributed by atoms with Crippen LogP contribution in [0.3, 0.4) is 0 Å². The maximum Gasteiger partial charge on any atom is 0.211 e.